The maximum atomic E-state index is 12.4. The van der Waals surface area contributed by atoms with Crippen molar-refractivity contribution in [1.29, 1.82) is 0 Å². The zero-order chi connectivity index (χ0) is 18.4. The molecule has 0 atom stereocenters. The molecule has 0 bridgehead atoms. The lowest BCUT2D eigenvalue weighted by atomic mass is 10.1. The molecule has 0 unspecified atom stereocenters. The van der Waals surface area contributed by atoms with Crippen LogP contribution in [0.25, 0.3) is 10.6 Å². The Bertz CT molecular complexity index is 872. The number of carbonyl (C=O) groups is 1. The summed E-state index contributed by atoms with van der Waals surface area (Å²) in [5.41, 5.74) is 4.92. The van der Waals surface area contributed by atoms with E-state index in [9.17, 15) is 4.79 Å². The number of nitrogens with zero attached hydrogens (tertiary/aromatic N) is 1. The summed E-state index contributed by atoms with van der Waals surface area (Å²) in [4.78, 5) is 17.1. The van der Waals surface area contributed by atoms with Gasteiger partial charge in [-0.05, 0) is 18.6 Å². The number of rotatable bonds is 7. The van der Waals surface area contributed by atoms with Crippen LogP contribution >= 0.6 is 11.3 Å². The average molecular weight is 366 g/mol. The number of ether oxygens (including phenoxy) is 1. The van der Waals surface area contributed by atoms with Crippen LogP contribution in [-0.4, -0.2) is 24.5 Å². The van der Waals surface area contributed by atoms with Crippen LogP contribution in [0.5, 0.6) is 0 Å². The molecule has 0 saturated heterocycles. The molecule has 4 nitrogen and oxygen atoms in total. The highest BCUT2D eigenvalue weighted by Gasteiger charge is 2.11. The summed E-state index contributed by atoms with van der Waals surface area (Å²) >= 11 is 1.63. The van der Waals surface area contributed by atoms with Crippen LogP contribution in [0.4, 0.5) is 0 Å². The van der Waals surface area contributed by atoms with E-state index in [1.807, 2.05) is 24.3 Å². The zero-order valence-corrected chi connectivity index (χ0v) is 15.8. The molecule has 1 heterocycles. The van der Waals surface area contributed by atoms with Crippen molar-refractivity contribution in [2.75, 3.05) is 13.7 Å². The first-order valence-electron chi connectivity index (χ1n) is 8.54. The molecule has 3 aromatic rings. The summed E-state index contributed by atoms with van der Waals surface area (Å²) in [5.74, 6) is -0.0772. The maximum Gasteiger partial charge on any atom is 0.251 e. The van der Waals surface area contributed by atoms with E-state index in [-0.39, 0.29) is 5.91 Å². The van der Waals surface area contributed by atoms with Gasteiger partial charge in [-0.15, -0.1) is 11.3 Å². The zero-order valence-electron chi connectivity index (χ0n) is 15.0. The average Bonchev–Trinajstić information content (AvgIpc) is 3.12. The van der Waals surface area contributed by atoms with E-state index >= 15 is 0 Å². The van der Waals surface area contributed by atoms with Gasteiger partial charge in [0.05, 0.1) is 12.3 Å². The minimum Gasteiger partial charge on any atom is -0.380 e. The third-order valence-electron chi connectivity index (χ3n) is 4.08. The molecule has 2 aromatic carbocycles. The van der Waals surface area contributed by atoms with Gasteiger partial charge in [-0.25, -0.2) is 4.98 Å². The summed E-state index contributed by atoms with van der Waals surface area (Å²) in [6.45, 7) is 3.05. The second kappa shape index (κ2) is 8.74. The van der Waals surface area contributed by atoms with E-state index in [2.05, 4.69) is 46.9 Å². The molecular weight excluding hydrogens is 344 g/mol. The minimum absolute atomic E-state index is 0.0772. The molecule has 3 rings (SSSR count). The second-order valence-electron chi connectivity index (χ2n) is 6.11. The van der Waals surface area contributed by atoms with Gasteiger partial charge in [-0.3, -0.25) is 4.79 Å². The maximum absolute atomic E-state index is 12.4. The third-order valence-corrected chi connectivity index (χ3v) is 5.02. The number of thiazole rings is 1. The van der Waals surface area contributed by atoms with E-state index < -0.39 is 0 Å². The van der Waals surface area contributed by atoms with Crippen LogP contribution < -0.4 is 5.32 Å². The lowest BCUT2D eigenvalue weighted by Crippen LogP contribution is -2.26. The largest absolute Gasteiger partial charge is 0.380 e. The van der Waals surface area contributed by atoms with Crippen LogP contribution in [0.2, 0.25) is 0 Å². The molecule has 0 aliphatic heterocycles. The predicted octanol–water partition coefficient (Wildman–Crippen LogP) is 4.24. The molecule has 0 aliphatic rings. The van der Waals surface area contributed by atoms with Gasteiger partial charge in [0, 0.05) is 36.6 Å². The molecule has 1 aromatic heterocycles. The van der Waals surface area contributed by atoms with Gasteiger partial charge in [0.15, 0.2) is 0 Å². The van der Waals surface area contributed by atoms with E-state index in [4.69, 9.17) is 4.74 Å². The van der Waals surface area contributed by atoms with Gasteiger partial charge in [0.2, 0.25) is 0 Å². The normalized spacial score (nSPS) is 10.7. The smallest absolute Gasteiger partial charge is 0.251 e. The van der Waals surface area contributed by atoms with Gasteiger partial charge in [-0.2, -0.15) is 0 Å². The molecule has 134 valence electrons. The number of hydrogen-bond acceptors (Lipinski definition) is 4. The van der Waals surface area contributed by atoms with E-state index in [0.29, 0.717) is 25.1 Å². The molecule has 1 amide bonds. The van der Waals surface area contributed by atoms with Crippen LogP contribution in [0.15, 0.2) is 53.9 Å². The number of methoxy groups -OCH3 is 1. The molecule has 5 heteroatoms. The first-order valence-corrected chi connectivity index (χ1v) is 9.42. The third kappa shape index (κ3) is 4.56. The molecule has 0 spiro atoms. The number of carbonyl (C=O) groups excluding carboxylic acids is 1. The molecule has 0 fully saturated rings. The Morgan fingerprint density at radius 1 is 1.15 bits per heavy atom. The summed E-state index contributed by atoms with van der Waals surface area (Å²) in [5, 5.41) is 6.04. The standard InChI is InChI=1S/C21H22N2O2S/c1-15-7-9-16(10-8-15)21-23-18(14-26-21)11-12-22-20(24)19-6-4-3-5-17(19)13-25-2/h3-10,14H,11-13H2,1-2H3,(H,22,24). The fraction of sp³-hybridized carbons (Fsp3) is 0.238. The van der Waals surface area contributed by atoms with Crippen LogP contribution in [0, 0.1) is 6.92 Å². The fourth-order valence-electron chi connectivity index (χ4n) is 2.67. The summed E-state index contributed by atoms with van der Waals surface area (Å²) in [6.07, 6.45) is 0.709. The highest BCUT2D eigenvalue weighted by molar-refractivity contribution is 7.13. The fourth-order valence-corrected chi connectivity index (χ4v) is 3.53. The number of nitrogens with one attached hydrogen (secondary N) is 1. The first-order chi connectivity index (χ1) is 12.7. The van der Waals surface area contributed by atoms with Crippen molar-refractivity contribution in [3.05, 3.63) is 76.3 Å². The molecule has 0 radical (unpaired) electrons. The predicted molar refractivity (Wildman–Crippen MR) is 105 cm³/mol. The monoisotopic (exact) mass is 366 g/mol. The van der Waals surface area contributed by atoms with Gasteiger partial charge < -0.3 is 10.1 Å². The van der Waals surface area contributed by atoms with Crippen molar-refractivity contribution in [3.8, 4) is 10.6 Å². The van der Waals surface area contributed by atoms with Gasteiger partial charge >= 0.3 is 0 Å². The van der Waals surface area contributed by atoms with Crippen molar-refractivity contribution in [1.82, 2.24) is 10.3 Å². The molecule has 1 N–H and O–H groups in total. The molecule has 26 heavy (non-hydrogen) atoms. The van der Waals surface area contributed by atoms with E-state index in [1.54, 1.807) is 18.4 Å². The van der Waals surface area contributed by atoms with Crippen molar-refractivity contribution in [2.24, 2.45) is 0 Å². The Labute approximate surface area is 157 Å². The van der Waals surface area contributed by atoms with Crippen molar-refractivity contribution < 1.29 is 9.53 Å². The van der Waals surface area contributed by atoms with Crippen LogP contribution in [0.3, 0.4) is 0 Å². The number of hydrogen-bond donors (Lipinski definition) is 1. The van der Waals surface area contributed by atoms with Gasteiger partial charge in [-0.1, -0.05) is 48.0 Å². The lowest BCUT2D eigenvalue weighted by molar-refractivity contribution is 0.0949. The van der Waals surface area contributed by atoms with Crippen molar-refractivity contribution in [3.63, 3.8) is 0 Å². The lowest BCUT2D eigenvalue weighted by Gasteiger charge is -2.09. The second-order valence-corrected chi connectivity index (χ2v) is 6.96. The Kier molecular flexibility index (Phi) is 6.15. The van der Waals surface area contributed by atoms with E-state index in [0.717, 1.165) is 21.8 Å². The summed E-state index contributed by atoms with van der Waals surface area (Å²) in [6, 6.07) is 15.9. The molecule has 0 saturated carbocycles. The quantitative estimate of drug-likeness (QED) is 0.680. The van der Waals surface area contributed by atoms with Gasteiger partial charge in [0.25, 0.3) is 5.91 Å². The van der Waals surface area contributed by atoms with Crippen LogP contribution in [0.1, 0.15) is 27.2 Å². The molecule has 0 aliphatic carbocycles. The SMILES string of the molecule is COCc1ccccc1C(=O)NCCc1csc(-c2ccc(C)cc2)n1. The summed E-state index contributed by atoms with van der Waals surface area (Å²) in [7, 11) is 1.63. The van der Waals surface area contributed by atoms with Gasteiger partial charge in [0.1, 0.15) is 5.01 Å². The topological polar surface area (TPSA) is 51.2 Å². The highest BCUT2D eigenvalue weighted by Crippen LogP contribution is 2.24. The van der Waals surface area contributed by atoms with Crippen molar-refractivity contribution in [2.45, 2.75) is 20.0 Å². The van der Waals surface area contributed by atoms with E-state index in [1.165, 1.54) is 5.56 Å². The van der Waals surface area contributed by atoms with Crippen LogP contribution in [-0.2, 0) is 17.8 Å². The minimum atomic E-state index is -0.0772. The Hall–Kier alpha value is -2.50. The Morgan fingerprint density at radius 2 is 1.92 bits per heavy atom. The summed E-state index contributed by atoms with van der Waals surface area (Å²) < 4.78 is 5.16. The Balaban J connectivity index is 1.57. The first kappa shape index (κ1) is 18.3. The number of aryl methyl sites for hydroxylation is 1. The molecular formula is C21H22N2O2S. The highest BCUT2D eigenvalue weighted by atomic mass is 32.1. The number of amides is 1. The number of benzene rings is 2. The Morgan fingerprint density at radius 3 is 2.69 bits per heavy atom. The number of aromatic nitrogens is 1. The van der Waals surface area contributed by atoms with Crippen molar-refractivity contribution >= 4 is 17.2 Å².